The van der Waals surface area contributed by atoms with Crippen molar-refractivity contribution in [2.24, 2.45) is 0 Å². The lowest BCUT2D eigenvalue weighted by atomic mass is 9.60. The Labute approximate surface area is 161 Å². The van der Waals surface area contributed by atoms with Gasteiger partial charge in [0.25, 0.3) is 0 Å². The van der Waals surface area contributed by atoms with Gasteiger partial charge in [-0.3, -0.25) is 0 Å². The van der Waals surface area contributed by atoms with Gasteiger partial charge in [0.2, 0.25) is 0 Å². The molecule has 3 rings (SSSR count). The van der Waals surface area contributed by atoms with Crippen LogP contribution in [0, 0.1) is 12.7 Å². The van der Waals surface area contributed by atoms with Gasteiger partial charge in [-0.25, -0.2) is 9.37 Å². The fourth-order valence-electron chi connectivity index (χ4n) is 3.38. The average Bonchev–Trinajstić information content (AvgIpc) is 3.04. The maximum absolute atomic E-state index is 13.1. The zero-order chi connectivity index (χ0) is 19.1. The molecule has 1 aliphatic heterocycles. The standard InChI is InChI=1S/C20H27BFN4O/c1-14-9-19(26-20(23)10-14)21-17-12-25-13-18(17)27-8-7-24-6-5-15-3-2-4-16(22)11-15/h2-4,9-11,17-18,24-25H,5-8,12-13H2,1H3,(H2,23,26)/t17-,18+/m1/s1. The second-order valence-corrected chi connectivity index (χ2v) is 7.02. The van der Waals surface area contributed by atoms with Crippen LogP contribution in [0.15, 0.2) is 36.4 Å². The van der Waals surface area contributed by atoms with E-state index in [1.807, 2.05) is 25.1 Å². The van der Waals surface area contributed by atoms with E-state index in [-0.39, 0.29) is 17.7 Å². The largest absolute Gasteiger partial charge is 0.384 e. The minimum atomic E-state index is -0.184. The number of aryl methyl sites for hydroxylation is 1. The molecular weight excluding hydrogens is 342 g/mol. The van der Waals surface area contributed by atoms with E-state index in [0.29, 0.717) is 12.4 Å². The number of hydrogen-bond donors (Lipinski definition) is 3. The topological polar surface area (TPSA) is 72.2 Å². The molecule has 1 saturated heterocycles. The Balaban J connectivity index is 1.36. The third-order valence-corrected chi connectivity index (χ3v) is 4.69. The second kappa shape index (κ2) is 9.83. The number of rotatable bonds is 9. The summed E-state index contributed by atoms with van der Waals surface area (Å²) in [5, 5.41) is 6.73. The van der Waals surface area contributed by atoms with Crippen molar-refractivity contribution in [3.63, 3.8) is 0 Å². The van der Waals surface area contributed by atoms with E-state index in [2.05, 4.69) is 22.9 Å². The smallest absolute Gasteiger partial charge is 0.185 e. The van der Waals surface area contributed by atoms with E-state index in [9.17, 15) is 4.39 Å². The molecule has 7 heteroatoms. The van der Waals surface area contributed by atoms with Crippen LogP contribution in [-0.2, 0) is 11.2 Å². The molecule has 1 aliphatic rings. The Morgan fingerprint density at radius 1 is 1.30 bits per heavy atom. The van der Waals surface area contributed by atoms with Gasteiger partial charge < -0.3 is 21.1 Å². The summed E-state index contributed by atoms with van der Waals surface area (Å²) >= 11 is 0. The van der Waals surface area contributed by atoms with Gasteiger partial charge in [-0.15, -0.1) is 0 Å². The quantitative estimate of drug-likeness (QED) is 0.455. The summed E-state index contributed by atoms with van der Waals surface area (Å²) < 4.78 is 19.2. The molecule has 5 nitrogen and oxygen atoms in total. The van der Waals surface area contributed by atoms with Crippen LogP contribution < -0.4 is 22.0 Å². The van der Waals surface area contributed by atoms with E-state index in [4.69, 9.17) is 10.5 Å². The third kappa shape index (κ3) is 6.31. The Hall–Kier alpha value is -1.96. The van der Waals surface area contributed by atoms with Crippen LogP contribution in [0.1, 0.15) is 11.1 Å². The third-order valence-electron chi connectivity index (χ3n) is 4.69. The Bertz CT molecular complexity index is 725. The molecule has 2 heterocycles. The highest BCUT2D eigenvalue weighted by Crippen LogP contribution is 2.17. The zero-order valence-electron chi connectivity index (χ0n) is 15.7. The highest BCUT2D eigenvalue weighted by Gasteiger charge is 2.29. The van der Waals surface area contributed by atoms with Crippen molar-refractivity contribution in [2.75, 3.05) is 38.5 Å². The van der Waals surface area contributed by atoms with Crippen molar-refractivity contribution in [2.45, 2.75) is 25.3 Å². The Morgan fingerprint density at radius 2 is 2.19 bits per heavy atom. The van der Waals surface area contributed by atoms with Gasteiger partial charge in [0, 0.05) is 13.1 Å². The van der Waals surface area contributed by atoms with E-state index in [1.165, 1.54) is 6.07 Å². The maximum Gasteiger partial charge on any atom is 0.185 e. The highest BCUT2D eigenvalue weighted by atomic mass is 19.1. The molecule has 0 unspecified atom stereocenters. The number of nitrogens with one attached hydrogen (secondary N) is 2. The van der Waals surface area contributed by atoms with Crippen LogP contribution in [0.2, 0.25) is 5.82 Å². The van der Waals surface area contributed by atoms with E-state index < -0.39 is 0 Å². The molecule has 1 fully saturated rings. The van der Waals surface area contributed by atoms with Crippen LogP contribution in [0.4, 0.5) is 10.2 Å². The molecule has 0 saturated carbocycles. The molecule has 1 aromatic heterocycles. The first kappa shape index (κ1) is 19.8. The molecule has 143 valence electrons. The molecule has 0 bridgehead atoms. The van der Waals surface area contributed by atoms with E-state index in [1.54, 1.807) is 12.1 Å². The van der Waals surface area contributed by atoms with Crippen LogP contribution in [0.5, 0.6) is 0 Å². The van der Waals surface area contributed by atoms with Crippen molar-refractivity contribution in [1.82, 2.24) is 15.6 Å². The number of anilines is 1. The summed E-state index contributed by atoms with van der Waals surface area (Å²) in [6, 6.07) is 10.6. The molecule has 0 aliphatic carbocycles. The zero-order valence-corrected chi connectivity index (χ0v) is 15.7. The molecular formula is C20H27BFN4O. The fraction of sp³-hybridized carbons (Fsp3) is 0.450. The van der Waals surface area contributed by atoms with Crippen molar-refractivity contribution in [3.05, 3.63) is 53.3 Å². The second-order valence-electron chi connectivity index (χ2n) is 7.02. The van der Waals surface area contributed by atoms with Gasteiger partial charge in [-0.1, -0.05) is 12.1 Å². The fourth-order valence-corrected chi connectivity index (χ4v) is 3.38. The van der Waals surface area contributed by atoms with Crippen LogP contribution in [-0.4, -0.2) is 51.2 Å². The lowest BCUT2D eigenvalue weighted by Crippen LogP contribution is -2.33. The predicted molar refractivity (Wildman–Crippen MR) is 108 cm³/mol. The molecule has 27 heavy (non-hydrogen) atoms. The van der Waals surface area contributed by atoms with Crippen molar-refractivity contribution < 1.29 is 9.13 Å². The summed E-state index contributed by atoms with van der Waals surface area (Å²) in [6.07, 6.45) is 0.943. The summed E-state index contributed by atoms with van der Waals surface area (Å²) in [7, 11) is 2.14. The van der Waals surface area contributed by atoms with E-state index >= 15 is 0 Å². The first-order valence-electron chi connectivity index (χ1n) is 9.46. The number of ether oxygens (including phenoxy) is 1. The SMILES string of the molecule is Cc1cc(N)nc([B][C@@H]2CNC[C@@H]2OCCNCCc2cccc(F)c2)c1. The summed E-state index contributed by atoms with van der Waals surface area (Å²) in [5.41, 5.74) is 8.86. The molecule has 1 aromatic carbocycles. The van der Waals surface area contributed by atoms with Crippen LogP contribution in [0.3, 0.4) is 0 Å². The monoisotopic (exact) mass is 369 g/mol. The number of nitrogen functional groups attached to an aromatic ring is 1. The lowest BCUT2D eigenvalue weighted by molar-refractivity contribution is 0.0694. The summed E-state index contributed by atoms with van der Waals surface area (Å²) in [5.74, 6) is 0.648. The van der Waals surface area contributed by atoms with Crippen molar-refractivity contribution >= 4 is 18.7 Å². The summed E-state index contributed by atoms with van der Waals surface area (Å²) in [6.45, 7) is 5.96. The molecule has 2 aromatic rings. The molecule has 1 radical (unpaired) electrons. The molecule has 4 N–H and O–H groups in total. The minimum absolute atomic E-state index is 0.138. The van der Waals surface area contributed by atoms with Crippen LogP contribution >= 0.6 is 0 Å². The number of halogens is 1. The van der Waals surface area contributed by atoms with Gasteiger partial charge in [-0.2, -0.15) is 0 Å². The van der Waals surface area contributed by atoms with Crippen molar-refractivity contribution in [3.8, 4) is 0 Å². The number of nitrogens with zero attached hydrogens (tertiary/aromatic N) is 1. The Morgan fingerprint density at radius 3 is 3.00 bits per heavy atom. The van der Waals surface area contributed by atoms with Gasteiger partial charge >= 0.3 is 0 Å². The summed E-state index contributed by atoms with van der Waals surface area (Å²) in [4.78, 5) is 4.39. The van der Waals surface area contributed by atoms with Gasteiger partial charge in [0.05, 0.1) is 12.7 Å². The number of pyridine rings is 1. The number of hydrogen-bond acceptors (Lipinski definition) is 5. The number of benzene rings is 1. The van der Waals surface area contributed by atoms with Crippen LogP contribution in [0.25, 0.3) is 0 Å². The van der Waals surface area contributed by atoms with E-state index in [0.717, 1.165) is 49.3 Å². The Kier molecular flexibility index (Phi) is 7.21. The number of aromatic nitrogens is 1. The number of nitrogens with two attached hydrogens (primary N) is 1. The normalized spacial score (nSPS) is 19.3. The molecule has 0 amide bonds. The van der Waals surface area contributed by atoms with Crippen molar-refractivity contribution in [1.29, 1.82) is 0 Å². The molecule has 2 atom stereocenters. The highest BCUT2D eigenvalue weighted by molar-refractivity contribution is 6.54. The average molecular weight is 369 g/mol. The van der Waals surface area contributed by atoms with Gasteiger partial charge in [0.1, 0.15) is 11.6 Å². The lowest BCUT2D eigenvalue weighted by Gasteiger charge is -2.19. The maximum atomic E-state index is 13.1. The first-order chi connectivity index (χ1) is 13.1. The predicted octanol–water partition coefficient (Wildman–Crippen LogP) is 1.05. The first-order valence-corrected chi connectivity index (χ1v) is 9.46. The van der Waals surface area contributed by atoms with Gasteiger partial charge in [0.15, 0.2) is 7.28 Å². The molecule has 0 spiro atoms. The minimum Gasteiger partial charge on any atom is -0.384 e. The van der Waals surface area contributed by atoms with Gasteiger partial charge in [-0.05, 0) is 73.2 Å².